The summed E-state index contributed by atoms with van der Waals surface area (Å²) < 4.78 is 1.80. The monoisotopic (exact) mass is 262 g/mol. The van der Waals surface area contributed by atoms with E-state index in [0.29, 0.717) is 17.9 Å². The molecule has 3 nitrogen and oxygen atoms in total. The van der Waals surface area contributed by atoms with Crippen LogP contribution in [0.4, 0.5) is 0 Å². The van der Waals surface area contributed by atoms with Crippen LogP contribution >= 0.6 is 11.6 Å². The topological polar surface area (TPSA) is 34.9 Å². The van der Waals surface area contributed by atoms with E-state index in [9.17, 15) is 4.79 Å². The minimum atomic E-state index is 0.235. The van der Waals surface area contributed by atoms with E-state index in [0.717, 1.165) is 17.7 Å². The van der Waals surface area contributed by atoms with Crippen molar-refractivity contribution < 1.29 is 4.79 Å². The predicted octanol–water partition coefficient (Wildman–Crippen LogP) is 2.82. The van der Waals surface area contributed by atoms with Gasteiger partial charge in [-0.2, -0.15) is 5.10 Å². The second kappa shape index (κ2) is 5.83. The second-order valence-corrected chi connectivity index (χ2v) is 4.72. The number of Topliss-reactive ketones (excluding diaryl/α,β-unsaturated/α-hetero) is 1. The van der Waals surface area contributed by atoms with E-state index in [2.05, 4.69) is 5.10 Å². The van der Waals surface area contributed by atoms with Crippen molar-refractivity contribution in [1.29, 1.82) is 0 Å². The van der Waals surface area contributed by atoms with E-state index in [-0.39, 0.29) is 5.78 Å². The Morgan fingerprint density at radius 2 is 2.00 bits per heavy atom. The van der Waals surface area contributed by atoms with Gasteiger partial charge in [-0.05, 0) is 30.2 Å². The minimum Gasteiger partial charge on any atom is -0.299 e. The van der Waals surface area contributed by atoms with Gasteiger partial charge in [0.15, 0.2) is 0 Å². The van der Waals surface area contributed by atoms with Crippen LogP contribution in [0.5, 0.6) is 0 Å². The molecule has 1 aromatic heterocycles. The molecule has 1 heterocycles. The number of hydrogen-bond acceptors (Lipinski definition) is 2. The molecule has 0 bridgehead atoms. The van der Waals surface area contributed by atoms with Gasteiger partial charge in [-0.25, -0.2) is 0 Å². The average Bonchev–Trinajstić information content (AvgIpc) is 2.75. The minimum absolute atomic E-state index is 0.235. The smallest absolute Gasteiger partial charge is 0.137 e. The largest absolute Gasteiger partial charge is 0.299 e. The Kier molecular flexibility index (Phi) is 4.15. The van der Waals surface area contributed by atoms with Gasteiger partial charge >= 0.3 is 0 Å². The highest BCUT2D eigenvalue weighted by molar-refractivity contribution is 6.30. The van der Waals surface area contributed by atoms with Crippen LogP contribution in [0.25, 0.3) is 0 Å². The summed E-state index contributed by atoms with van der Waals surface area (Å²) in [6.45, 7) is 0. The first kappa shape index (κ1) is 12.8. The van der Waals surface area contributed by atoms with Gasteiger partial charge in [-0.3, -0.25) is 9.48 Å². The Morgan fingerprint density at radius 1 is 1.28 bits per heavy atom. The Morgan fingerprint density at radius 3 is 2.61 bits per heavy atom. The van der Waals surface area contributed by atoms with Crippen molar-refractivity contribution in [1.82, 2.24) is 9.78 Å². The highest BCUT2D eigenvalue weighted by Crippen LogP contribution is 2.11. The first-order chi connectivity index (χ1) is 8.65. The number of nitrogens with zero attached hydrogens (tertiary/aromatic N) is 2. The van der Waals surface area contributed by atoms with Crippen molar-refractivity contribution in [2.24, 2.45) is 7.05 Å². The standard InChI is InChI=1S/C14H15ClN2O/c1-17-13(8-9-16-17)6-7-14(18)10-11-2-4-12(15)5-3-11/h2-5,8-9H,6-7,10H2,1H3. The van der Waals surface area contributed by atoms with Crippen molar-refractivity contribution in [2.75, 3.05) is 0 Å². The SMILES string of the molecule is Cn1nccc1CCC(=O)Cc1ccc(Cl)cc1. The summed E-state index contributed by atoms with van der Waals surface area (Å²) in [4.78, 5) is 11.8. The fraction of sp³-hybridized carbons (Fsp3) is 0.286. The first-order valence-electron chi connectivity index (χ1n) is 5.88. The molecule has 2 rings (SSSR count). The lowest BCUT2D eigenvalue weighted by Gasteiger charge is -2.03. The predicted molar refractivity (Wildman–Crippen MR) is 71.7 cm³/mol. The maximum absolute atomic E-state index is 11.8. The van der Waals surface area contributed by atoms with Crippen molar-refractivity contribution in [3.8, 4) is 0 Å². The van der Waals surface area contributed by atoms with Gasteiger partial charge in [0.05, 0.1) is 0 Å². The summed E-state index contributed by atoms with van der Waals surface area (Å²) in [7, 11) is 1.89. The zero-order chi connectivity index (χ0) is 13.0. The Bertz CT molecular complexity index is 531. The van der Waals surface area contributed by atoms with E-state index < -0.39 is 0 Å². The molecular weight excluding hydrogens is 248 g/mol. The lowest BCUT2D eigenvalue weighted by Crippen LogP contribution is -2.06. The molecule has 18 heavy (non-hydrogen) atoms. The Balaban J connectivity index is 1.86. The highest BCUT2D eigenvalue weighted by Gasteiger charge is 2.06. The molecular formula is C14H15ClN2O. The summed E-state index contributed by atoms with van der Waals surface area (Å²) in [5, 5.41) is 4.77. The van der Waals surface area contributed by atoms with E-state index in [1.807, 2.05) is 37.4 Å². The molecule has 1 aromatic carbocycles. The van der Waals surface area contributed by atoms with E-state index in [1.165, 1.54) is 0 Å². The number of rotatable bonds is 5. The summed E-state index contributed by atoms with van der Waals surface area (Å²) >= 11 is 5.80. The molecule has 0 saturated carbocycles. The maximum atomic E-state index is 11.8. The van der Waals surface area contributed by atoms with Crippen LogP contribution in [0.15, 0.2) is 36.5 Å². The van der Waals surface area contributed by atoms with Crippen molar-refractivity contribution >= 4 is 17.4 Å². The summed E-state index contributed by atoms with van der Waals surface area (Å²) in [6, 6.07) is 9.35. The average molecular weight is 263 g/mol. The number of benzene rings is 1. The van der Waals surface area contributed by atoms with Crippen LogP contribution in [0, 0.1) is 0 Å². The van der Waals surface area contributed by atoms with Crippen LogP contribution in [0.1, 0.15) is 17.7 Å². The van der Waals surface area contributed by atoms with Gasteiger partial charge in [-0.1, -0.05) is 23.7 Å². The Labute approximate surface area is 111 Å². The molecule has 0 fully saturated rings. The van der Waals surface area contributed by atoms with Crippen molar-refractivity contribution in [3.63, 3.8) is 0 Å². The maximum Gasteiger partial charge on any atom is 0.137 e. The molecule has 4 heteroatoms. The van der Waals surface area contributed by atoms with Crippen LogP contribution in [-0.2, 0) is 24.7 Å². The van der Waals surface area contributed by atoms with Crippen LogP contribution in [0.2, 0.25) is 5.02 Å². The molecule has 0 aliphatic carbocycles. The lowest BCUT2D eigenvalue weighted by molar-refractivity contribution is -0.118. The van der Waals surface area contributed by atoms with Gasteiger partial charge in [0.2, 0.25) is 0 Å². The molecule has 0 N–H and O–H groups in total. The van der Waals surface area contributed by atoms with Gasteiger partial charge in [-0.15, -0.1) is 0 Å². The van der Waals surface area contributed by atoms with Crippen LogP contribution < -0.4 is 0 Å². The molecule has 94 valence electrons. The summed E-state index contributed by atoms with van der Waals surface area (Å²) in [5.41, 5.74) is 2.09. The van der Waals surface area contributed by atoms with E-state index in [1.54, 1.807) is 10.9 Å². The van der Waals surface area contributed by atoms with Gasteiger partial charge in [0.25, 0.3) is 0 Å². The summed E-state index contributed by atoms with van der Waals surface area (Å²) in [6.07, 6.45) is 3.50. The third kappa shape index (κ3) is 3.44. The summed E-state index contributed by atoms with van der Waals surface area (Å²) in [5.74, 6) is 0.235. The van der Waals surface area contributed by atoms with Crippen LogP contribution in [0.3, 0.4) is 0 Å². The third-order valence-corrected chi connectivity index (χ3v) is 3.15. The van der Waals surface area contributed by atoms with Crippen LogP contribution in [-0.4, -0.2) is 15.6 Å². The fourth-order valence-corrected chi connectivity index (χ4v) is 1.96. The lowest BCUT2D eigenvalue weighted by atomic mass is 10.1. The number of carbonyl (C=O) groups is 1. The number of ketones is 1. The molecule has 0 radical (unpaired) electrons. The zero-order valence-corrected chi connectivity index (χ0v) is 11.0. The molecule has 0 aliphatic rings. The second-order valence-electron chi connectivity index (χ2n) is 4.29. The van der Waals surface area contributed by atoms with Crippen molar-refractivity contribution in [2.45, 2.75) is 19.3 Å². The Hall–Kier alpha value is -1.61. The van der Waals surface area contributed by atoms with Gasteiger partial charge in [0, 0.05) is 36.8 Å². The fourth-order valence-electron chi connectivity index (χ4n) is 1.83. The highest BCUT2D eigenvalue weighted by atomic mass is 35.5. The number of carbonyl (C=O) groups excluding carboxylic acids is 1. The number of hydrogen-bond donors (Lipinski definition) is 0. The molecule has 0 aliphatic heterocycles. The van der Waals surface area contributed by atoms with E-state index in [4.69, 9.17) is 11.6 Å². The third-order valence-electron chi connectivity index (χ3n) is 2.90. The number of aromatic nitrogens is 2. The molecule has 0 unspecified atom stereocenters. The normalized spacial score (nSPS) is 10.6. The number of aryl methyl sites for hydroxylation is 2. The zero-order valence-electron chi connectivity index (χ0n) is 10.3. The molecule has 0 saturated heterocycles. The molecule has 2 aromatic rings. The first-order valence-corrected chi connectivity index (χ1v) is 6.26. The quantitative estimate of drug-likeness (QED) is 0.831. The molecule has 0 atom stereocenters. The number of halogens is 1. The van der Waals surface area contributed by atoms with Crippen molar-refractivity contribution in [3.05, 3.63) is 52.8 Å². The van der Waals surface area contributed by atoms with Gasteiger partial charge in [0.1, 0.15) is 5.78 Å². The van der Waals surface area contributed by atoms with Gasteiger partial charge < -0.3 is 0 Å². The molecule has 0 spiro atoms. The van der Waals surface area contributed by atoms with E-state index >= 15 is 0 Å². The molecule has 0 amide bonds.